The largest absolute Gasteiger partial charge is 0.467 e. The van der Waals surface area contributed by atoms with Crippen molar-refractivity contribution < 1.29 is 4.42 Å². The van der Waals surface area contributed by atoms with Crippen LogP contribution in [0.1, 0.15) is 11.3 Å². The van der Waals surface area contributed by atoms with Crippen LogP contribution in [0.15, 0.2) is 53.3 Å². The maximum atomic E-state index is 6.17. The van der Waals surface area contributed by atoms with E-state index in [1.165, 1.54) is 0 Å². The van der Waals surface area contributed by atoms with Crippen LogP contribution in [0.3, 0.4) is 0 Å². The van der Waals surface area contributed by atoms with Gasteiger partial charge in [0.2, 0.25) is 5.95 Å². The lowest BCUT2D eigenvalue weighted by molar-refractivity contribution is 0.517. The molecule has 124 valence electrons. The molecule has 2 N–H and O–H groups in total. The summed E-state index contributed by atoms with van der Waals surface area (Å²) in [7, 11) is 0. The Balaban J connectivity index is 1.52. The quantitative estimate of drug-likeness (QED) is 0.640. The molecule has 7 heteroatoms. The molecule has 0 unspecified atom stereocenters. The van der Waals surface area contributed by atoms with Gasteiger partial charge in [0.25, 0.3) is 0 Å². The summed E-state index contributed by atoms with van der Waals surface area (Å²) in [5.74, 6) is 2.12. The zero-order chi connectivity index (χ0) is 16.8. The number of hydrogen-bond donors (Lipinski definition) is 2. The number of anilines is 2. The van der Waals surface area contributed by atoms with Crippen LogP contribution in [0.4, 0.5) is 11.8 Å². The number of halogens is 2. The van der Waals surface area contributed by atoms with Gasteiger partial charge >= 0.3 is 0 Å². The monoisotopic (exact) mass is 362 g/mol. The fourth-order valence-corrected chi connectivity index (χ4v) is 2.67. The van der Waals surface area contributed by atoms with Crippen LogP contribution in [0, 0.1) is 0 Å². The van der Waals surface area contributed by atoms with E-state index in [1.54, 1.807) is 18.5 Å². The molecular formula is C17H16Cl2N4O. The third-order valence-corrected chi connectivity index (χ3v) is 3.96. The minimum absolute atomic E-state index is 0.539. The van der Waals surface area contributed by atoms with Crippen molar-refractivity contribution in [3.63, 3.8) is 0 Å². The van der Waals surface area contributed by atoms with Gasteiger partial charge < -0.3 is 15.1 Å². The fourth-order valence-electron chi connectivity index (χ4n) is 2.17. The highest BCUT2D eigenvalue weighted by atomic mass is 35.5. The van der Waals surface area contributed by atoms with Crippen LogP contribution in [-0.2, 0) is 13.0 Å². The maximum absolute atomic E-state index is 6.17. The summed E-state index contributed by atoms with van der Waals surface area (Å²) in [6.45, 7) is 1.24. The van der Waals surface area contributed by atoms with E-state index in [0.717, 1.165) is 23.6 Å². The number of hydrogen-bond acceptors (Lipinski definition) is 5. The number of rotatable bonds is 7. The first-order chi connectivity index (χ1) is 11.7. The average Bonchev–Trinajstić information content (AvgIpc) is 3.09. The highest BCUT2D eigenvalue weighted by molar-refractivity contribution is 6.35. The smallest absolute Gasteiger partial charge is 0.224 e. The lowest BCUT2D eigenvalue weighted by Gasteiger charge is -2.09. The number of benzene rings is 1. The molecule has 0 atom stereocenters. The average molecular weight is 363 g/mol. The van der Waals surface area contributed by atoms with Crippen LogP contribution in [0.5, 0.6) is 0 Å². The fraction of sp³-hybridized carbons (Fsp3) is 0.176. The summed E-state index contributed by atoms with van der Waals surface area (Å²) in [5, 5.41) is 7.69. The molecule has 2 heterocycles. The van der Waals surface area contributed by atoms with Gasteiger partial charge in [0, 0.05) is 22.8 Å². The Bertz CT molecular complexity index is 793. The molecule has 0 bridgehead atoms. The number of nitrogens with zero attached hydrogens (tertiary/aromatic N) is 2. The lowest BCUT2D eigenvalue weighted by Crippen LogP contribution is -2.09. The zero-order valence-corrected chi connectivity index (χ0v) is 14.3. The topological polar surface area (TPSA) is 63.0 Å². The van der Waals surface area contributed by atoms with E-state index in [4.69, 9.17) is 27.6 Å². The Hall–Kier alpha value is -2.24. The van der Waals surface area contributed by atoms with Gasteiger partial charge in [-0.05, 0) is 42.3 Å². The van der Waals surface area contributed by atoms with Gasteiger partial charge in [0.15, 0.2) is 0 Å². The van der Waals surface area contributed by atoms with E-state index in [2.05, 4.69) is 20.6 Å². The van der Waals surface area contributed by atoms with Crippen molar-refractivity contribution in [1.29, 1.82) is 0 Å². The molecule has 3 aromatic rings. The molecule has 0 aliphatic rings. The molecule has 24 heavy (non-hydrogen) atoms. The van der Waals surface area contributed by atoms with Gasteiger partial charge in [-0.3, -0.25) is 0 Å². The predicted molar refractivity (Wildman–Crippen MR) is 96.7 cm³/mol. The molecule has 0 amide bonds. The Kier molecular flexibility index (Phi) is 5.56. The molecule has 3 rings (SSSR count). The highest BCUT2D eigenvalue weighted by Gasteiger charge is 2.03. The first-order valence-corrected chi connectivity index (χ1v) is 8.23. The number of nitrogens with one attached hydrogen (secondary N) is 2. The number of furan rings is 1. The highest BCUT2D eigenvalue weighted by Crippen LogP contribution is 2.21. The van der Waals surface area contributed by atoms with Crippen molar-refractivity contribution in [1.82, 2.24) is 9.97 Å². The van der Waals surface area contributed by atoms with E-state index in [9.17, 15) is 0 Å². The van der Waals surface area contributed by atoms with Crippen molar-refractivity contribution in [2.45, 2.75) is 13.0 Å². The molecule has 0 saturated carbocycles. The van der Waals surface area contributed by atoms with Gasteiger partial charge in [-0.2, -0.15) is 4.98 Å². The van der Waals surface area contributed by atoms with Gasteiger partial charge in [-0.1, -0.05) is 29.3 Å². The SMILES string of the molecule is Clc1ccc(CCNc2ccnc(NCc3ccco3)n2)c(Cl)c1. The Morgan fingerprint density at radius 1 is 1.08 bits per heavy atom. The van der Waals surface area contributed by atoms with Gasteiger partial charge in [-0.25, -0.2) is 4.98 Å². The molecule has 2 aromatic heterocycles. The standard InChI is InChI=1S/C17H16Cl2N4O/c18-13-4-3-12(15(19)10-13)5-7-20-16-6-8-21-17(23-16)22-11-14-2-1-9-24-14/h1-4,6,8-10H,5,7,11H2,(H2,20,21,22,23). The first-order valence-electron chi connectivity index (χ1n) is 7.48. The molecule has 0 aliphatic carbocycles. The minimum Gasteiger partial charge on any atom is -0.467 e. The van der Waals surface area contributed by atoms with Crippen LogP contribution in [-0.4, -0.2) is 16.5 Å². The second kappa shape index (κ2) is 8.04. The minimum atomic E-state index is 0.539. The second-order valence-corrected chi connectivity index (χ2v) is 5.95. The molecule has 0 aliphatic heterocycles. The third-order valence-electron chi connectivity index (χ3n) is 3.37. The van der Waals surface area contributed by atoms with Gasteiger partial charge in [-0.15, -0.1) is 0 Å². The van der Waals surface area contributed by atoms with E-state index in [-0.39, 0.29) is 0 Å². The maximum Gasteiger partial charge on any atom is 0.224 e. The normalized spacial score (nSPS) is 10.6. The van der Waals surface area contributed by atoms with Crippen molar-refractivity contribution in [2.24, 2.45) is 0 Å². The van der Waals surface area contributed by atoms with Crippen LogP contribution in [0.25, 0.3) is 0 Å². The Labute approximate surface area is 150 Å². The second-order valence-electron chi connectivity index (χ2n) is 5.11. The molecule has 0 fully saturated rings. The third kappa shape index (κ3) is 4.63. The lowest BCUT2D eigenvalue weighted by atomic mass is 10.1. The van der Waals surface area contributed by atoms with E-state index in [0.29, 0.717) is 29.1 Å². The van der Waals surface area contributed by atoms with E-state index in [1.807, 2.05) is 30.3 Å². The summed E-state index contributed by atoms with van der Waals surface area (Å²) in [5.41, 5.74) is 1.04. The van der Waals surface area contributed by atoms with Crippen molar-refractivity contribution >= 4 is 35.0 Å². The first kappa shape index (κ1) is 16.6. The predicted octanol–water partition coefficient (Wildman–Crippen LogP) is 4.64. The molecule has 0 spiro atoms. The molecule has 0 radical (unpaired) electrons. The van der Waals surface area contributed by atoms with Crippen LogP contribution < -0.4 is 10.6 Å². The van der Waals surface area contributed by atoms with E-state index < -0.39 is 0 Å². The number of aromatic nitrogens is 2. The summed E-state index contributed by atoms with van der Waals surface area (Å²) in [6, 6.07) is 11.1. The zero-order valence-electron chi connectivity index (χ0n) is 12.8. The van der Waals surface area contributed by atoms with Gasteiger partial charge in [0.1, 0.15) is 11.6 Å². The van der Waals surface area contributed by atoms with Gasteiger partial charge in [0.05, 0.1) is 12.8 Å². The van der Waals surface area contributed by atoms with Crippen molar-refractivity contribution in [2.75, 3.05) is 17.2 Å². The Morgan fingerprint density at radius 2 is 2.00 bits per heavy atom. The Morgan fingerprint density at radius 3 is 2.79 bits per heavy atom. The van der Waals surface area contributed by atoms with Crippen LogP contribution >= 0.6 is 23.2 Å². The molecule has 0 saturated heterocycles. The molecule has 1 aromatic carbocycles. The van der Waals surface area contributed by atoms with Crippen molar-refractivity contribution in [3.8, 4) is 0 Å². The van der Waals surface area contributed by atoms with Crippen LogP contribution in [0.2, 0.25) is 10.0 Å². The van der Waals surface area contributed by atoms with E-state index >= 15 is 0 Å². The van der Waals surface area contributed by atoms with Crippen molar-refractivity contribution in [3.05, 3.63) is 70.2 Å². The summed E-state index contributed by atoms with van der Waals surface area (Å²) < 4.78 is 5.26. The summed E-state index contributed by atoms with van der Waals surface area (Å²) in [4.78, 5) is 8.60. The summed E-state index contributed by atoms with van der Waals surface area (Å²) in [6.07, 6.45) is 4.11. The summed E-state index contributed by atoms with van der Waals surface area (Å²) >= 11 is 12.1. The molecular weight excluding hydrogens is 347 g/mol. The molecule has 5 nitrogen and oxygen atoms in total.